The highest BCUT2D eigenvalue weighted by molar-refractivity contribution is 9.10. The summed E-state index contributed by atoms with van der Waals surface area (Å²) in [5.41, 5.74) is 9.55. The number of para-hydroxylation sites is 2. The third-order valence-electron chi connectivity index (χ3n) is 13.1. The molecule has 0 saturated heterocycles. The van der Waals surface area contributed by atoms with E-state index in [1.54, 1.807) is 0 Å². The van der Waals surface area contributed by atoms with Gasteiger partial charge in [0.2, 0.25) is 0 Å². The molecule has 0 radical (unpaired) electrons. The molecule has 0 aliphatic rings. The Bertz CT molecular complexity index is 3180. The summed E-state index contributed by atoms with van der Waals surface area (Å²) in [6.45, 7) is 15.8. The minimum absolute atomic E-state index is 0.445. The minimum atomic E-state index is 0.445. The quantitative estimate of drug-likeness (QED) is 0.0355. The topological polar surface area (TPSA) is 73.8 Å². The van der Waals surface area contributed by atoms with E-state index in [1.165, 1.54) is 0 Å². The summed E-state index contributed by atoms with van der Waals surface area (Å²) in [5.74, 6) is 11.0. The van der Waals surface area contributed by atoms with E-state index in [9.17, 15) is 0 Å². The van der Waals surface area contributed by atoms with E-state index >= 15 is 0 Å². The second-order valence-electron chi connectivity index (χ2n) is 19.0. The molecule has 8 aromatic rings. The maximum absolute atomic E-state index is 6.29. The molecule has 0 aliphatic carbocycles. The lowest BCUT2D eigenvalue weighted by Gasteiger charge is -2.17. The molecule has 0 unspecified atom stereocenters. The van der Waals surface area contributed by atoms with Crippen molar-refractivity contribution in [2.45, 2.75) is 106 Å². The summed E-state index contributed by atoms with van der Waals surface area (Å²) in [4.78, 5) is 0. The highest BCUT2D eigenvalue weighted by Gasteiger charge is 2.16. The van der Waals surface area contributed by atoms with Gasteiger partial charge in [-0.15, -0.1) is 6.42 Å². The van der Waals surface area contributed by atoms with Gasteiger partial charge in [-0.25, -0.2) is 0 Å². The summed E-state index contributed by atoms with van der Waals surface area (Å²) in [5, 5.41) is 0. The zero-order valence-electron chi connectivity index (χ0n) is 46.8. The number of ether oxygens (including phenoxy) is 8. The Hall–Kier alpha value is -7.80. The molecular weight excluding hydrogens is 1050 g/mol. The van der Waals surface area contributed by atoms with Crippen LogP contribution in [0.25, 0.3) is 0 Å². The largest absolute Gasteiger partial charge is 0.493 e. The SMILES string of the molecule is C#Cc1cc(CC)c(OCCCOc2cccc(Oc3ccccc3C)c2CCC)cc1OCc1ccccc1.CCCc1c(OCCCOc2cc(OCc3ccccc3)c(Br)cc2CC)cccc1Oc1ccccc1C. The van der Waals surface area contributed by atoms with Crippen LogP contribution in [0.2, 0.25) is 0 Å². The van der Waals surface area contributed by atoms with Crippen LogP contribution >= 0.6 is 15.9 Å². The van der Waals surface area contributed by atoms with Crippen LogP contribution in [-0.4, -0.2) is 26.4 Å². The summed E-state index contributed by atoms with van der Waals surface area (Å²) in [7, 11) is 0. The second kappa shape index (κ2) is 31.6. The monoisotopic (exact) mass is 1120 g/mol. The number of terminal acetylenes is 1. The molecule has 0 spiro atoms. The third kappa shape index (κ3) is 17.6. The maximum atomic E-state index is 6.29. The summed E-state index contributed by atoms with van der Waals surface area (Å²) in [6, 6.07) is 56.4. The van der Waals surface area contributed by atoms with Crippen LogP contribution in [0.1, 0.15) is 103 Å². The van der Waals surface area contributed by atoms with Gasteiger partial charge in [-0.1, -0.05) is 156 Å². The first-order chi connectivity index (χ1) is 38.7. The van der Waals surface area contributed by atoms with Crippen molar-refractivity contribution in [2.75, 3.05) is 26.4 Å². The van der Waals surface area contributed by atoms with Crippen LogP contribution in [0.4, 0.5) is 0 Å². The van der Waals surface area contributed by atoms with Crippen molar-refractivity contribution < 1.29 is 37.9 Å². The van der Waals surface area contributed by atoms with Crippen molar-refractivity contribution in [1.29, 1.82) is 0 Å². The molecule has 0 N–H and O–H groups in total. The Morgan fingerprint density at radius 3 is 1.23 bits per heavy atom. The van der Waals surface area contributed by atoms with Crippen molar-refractivity contribution in [3.05, 3.63) is 224 Å². The Morgan fingerprint density at radius 1 is 0.392 bits per heavy atom. The predicted molar refractivity (Wildman–Crippen MR) is 323 cm³/mol. The molecule has 0 atom stereocenters. The molecule has 8 nitrogen and oxygen atoms in total. The van der Waals surface area contributed by atoms with E-state index < -0.39 is 0 Å². The smallest absolute Gasteiger partial charge is 0.139 e. The number of hydrogen-bond acceptors (Lipinski definition) is 8. The molecule has 410 valence electrons. The van der Waals surface area contributed by atoms with Gasteiger partial charge in [-0.05, 0) is 137 Å². The van der Waals surface area contributed by atoms with Crippen molar-refractivity contribution >= 4 is 15.9 Å². The van der Waals surface area contributed by atoms with Crippen molar-refractivity contribution in [2.24, 2.45) is 0 Å². The Kier molecular flexibility index (Phi) is 23.5. The number of rotatable bonds is 28. The number of halogens is 1. The molecular formula is C70H75BrO8. The minimum Gasteiger partial charge on any atom is -0.493 e. The van der Waals surface area contributed by atoms with Gasteiger partial charge in [-0.3, -0.25) is 0 Å². The lowest BCUT2D eigenvalue weighted by Crippen LogP contribution is -2.08. The standard InChI is InChI=1S/C36H38O4.C34H37BrO4/c1-5-15-31-33(20-13-21-34(31)40-32-19-12-11-16-27(32)4)37-22-14-23-38-35-25-36(30(7-3)24-29(35)6-2)39-26-28-17-9-8-10-18-28;1-4-13-28-31(18-11-19-32(28)39-30-17-10-9-14-25(30)3)36-20-12-21-37-33-23-34(29(35)22-27(33)5-2)38-24-26-15-7-6-8-16-26/h3,8-13,16-21,24-25H,5-6,14-15,22-23,26H2,1-2,4H3;6-11,14-19,22-23H,4-5,12-13,20-21,24H2,1-3H3. The molecule has 79 heavy (non-hydrogen) atoms. The van der Waals surface area contributed by atoms with E-state index in [0.717, 1.165) is 158 Å². The fraction of sp³-hybridized carbons (Fsp3) is 0.286. The fourth-order valence-corrected chi connectivity index (χ4v) is 9.29. The zero-order valence-corrected chi connectivity index (χ0v) is 48.4. The molecule has 0 saturated carbocycles. The molecule has 0 aromatic heterocycles. The third-order valence-corrected chi connectivity index (χ3v) is 13.7. The molecule has 0 aliphatic heterocycles. The van der Waals surface area contributed by atoms with Gasteiger partial charge in [0.05, 0.1) is 36.5 Å². The number of benzene rings is 8. The molecule has 0 amide bonds. The highest BCUT2D eigenvalue weighted by atomic mass is 79.9. The summed E-state index contributed by atoms with van der Waals surface area (Å²) < 4.78 is 50.5. The molecule has 8 rings (SSSR count). The van der Waals surface area contributed by atoms with Gasteiger partial charge >= 0.3 is 0 Å². The number of hydrogen-bond donors (Lipinski definition) is 0. The van der Waals surface area contributed by atoms with Crippen molar-refractivity contribution in [3.8, 4) is 69.8 Å². The van der Waals surface area contributed by atoms with Gasteiger partial charge in [0.15, 0.2) is 0 Å². The van der Waals surface area contributed by atoms with Crippen LogP contribution in [0, 0.1) is 26.2 Å². The molecule has 0 heterocycles. The first-order valence-electron chi connectivity index (χ1n) is 27.7. The van der Waals surface area contributed by atoms with Gasteiger partial charge in [0.1, 0.15) is 70.7 Å². The van der Waals surface area contributed by atoms with E-state index in [4.69, 9.17) is 44.3 Å². The van der Waals surface area contributed by atoms with Crippen LogP contribution in [0.15, 0.2) is 174 Å². The Balaban J connectivity index is 0.000000229. The first kappa shape index (κ1) is 58.9. The molecule has 8 aromatic carbocycles. The van der Waals surface area contributed by atoms with Crippen LogP contribution < -0.4 is 37.9 Å². The van der Waals surface area contributed by atoms with E-state index in [1.807, 2.05) is 140 Å². The fourth-order valence-electron chi connectivity index (χ4n) is 8.79. The molecule has 0 bridgehead atoms. The van der Waals surface area contributed by atoms with E-state index in [0.29, 0.717) is 45.4 Å². The Labute approximate surface area is 478 Å². The Morgan fingerprint density at radius 2 is 0.785 bits per heavy atom. The van der Waals surface area contributed by atoms with Gasteiger partial charge in [0.25, 0.3) is 0 Å². The summed E-state index contributed by atoms with van der Waals surface area (Å²) in [6.07, 6.45) is 12.7. The number of aryl methyl sites for hydroxylation is 4. The van der Waals surface area contributed by atoms with Crippen LogP contribution in [0.5, 0.6) is 57.5 Å². The van der Waals surface area contributed by atoms with Crippen LogP contribution in [-0.2, 0) is 38.9 Å². The average molecular weight is 1120 g/mol. The van der Waals surface area contributed by atoms with Gasteiger partial charge in [-0.2, -0.15) is 0 Å². The lowest BCUT2D eigenvalue weighted by molar-refractivity contribution is 0.242. The highest BCUT2D eigenvalue weighted by Crippen LogP contribution is 2.38. The maximum Gasteiger partial charge on any atom is 0.139 e. The van der Waals surface area contributed by atoms with Gasteiger partial charge in [0, 0.05) is 36.1 Å². The molecule has 0 fully saturated rings. The van der Waals surface area contributed by atoms with Gasteiger partial charge < -0.3 is 37.9 Å². The second-order valence-corrected chi connectivity index (χ2v) is 19.9. The van der Waals surface area contributed by atoms with E-state index in [-0.39, 0.29) is 0 Å². The lowest BCUT2D eigenvalue weighted by atomic mass is 10.1. The first-order valence-corrected chi connectivity index (χ1v) is 28.5. The van der Waals surface area contributed by atoms with Crippen molar-refractivity contribution in [1.82, 2.24) is 0 Å². The van der Waals surface area contributed by atoms with Crippen LogP contribution in [0.3, 0.4) is 0 Å². The zero-order chi connectivity index (χ0) is 55.6. The molecule has 9 heteroatoms. The van der Waals surface area contributed by atoms with E-state index in [2.05, 4.69) is 93.7 Å². The van der Waals surface area contributed by atoms with Crippen molar-refractivity contribution in [3.63, 3.8) is 0 Å². The predicted octanol–water partition coefficient (Wildman–Crippen LogP) is 18.2. The normalized spacial score (nSPS) is 10.7. The summed E-state index contributed by atoms with van der Waals surface area (Å²) >= 11 is 3.65. The average Bonchev–Trinajstić information content (AvgIpc) is 3.49.